The molecular formula is C18H17BrN2OS. The maximum Gasteiger partial charge on any atom is 0.230 e. The Morgan fingerprint density at radius 2 is 2.04 bits per heavy atom. The highest BCUT2D eigenvalue weighted by Crippen LogP contribution is 2.17. The van der Waals surface area contributed by atoms with Gasteiger partial charge in [0, 0.05) is 10.2 Å². The number of thioether (sulfide) groups is 1. The van der Waals surface area contributed by atoms with Crippen LogP contribution in [0.3, 0.4) is 0 Å². The van der Waals surface area contributed by atoms with E-state index in [9.17, 15) is 4.79 Å². The molecule has 1 N–H and O–H groups in total. The monoisotopic (exact) mass is 388 g/mol. The van der Waals surface area contributed by atoms with E-state index < -0.39 is 0 Å². The minimum Gasteiger partial charge on any atom is -0.349 e. The van der Waals surface area contributed by atoms with Crippen molar-refractivity contribution in [1.29, 1.82) is 5.26 Å². The van der Waals surface area contributed by atoms with Gasteiger partial charge < -0.3 is 5.32 Å². The summed E-state index contributed by atoms with van der Waals surface area (Å²) in [4.78, 5) is 12.0. The van der Waals surface area contributed by atoms with Crippen LogP contribution in [0.15, 0.2) is 53.0 Å². The molecule has 5 heteroatoms. The molecule has 0 unspecified atom stereocenters. The predicted molar refractivity (Wildman–Crippen MR) is 98.0 cm³/mol. The summed E-state index contributed by atoms with van der Waals surface area (Å²) < 4.78 is 1.02. The van der Waals surface area contributed by atoms with Gasteiger partial charge in [-0.2, -0.15) is 5.26 Å². The predicted octanol–water partition coefficient (Wildman–Crippen LogP) is 4.43. The van der Waals surface area contributed by atoms with Gasteiger partial charge in [-0.25, -0.2) is 0 Å². The van der Waals surface area contributed by atoms with E-state index in [-0.39, 0.29) is 11.9 Å². The number of nitrogens with zero attached hydrogens (tertiary/aromatic N) is 1. The van der Waals surface area contributed by atoms with Crippen LogP contribution in [0.2, 0.25) is 0 Å². The molecule has 0 bridgehead atoms. The Kier molecular flexibility index (Phi) is 6.69. The quantitative estimate of drug-likeness (QED) is 0.795. The highest BCUT2D eigenvalue weighted by Gasteiger charge is 2.09. The van der Waals surface area contributed by atoms with Gasteiger partial charge in [0.2, 0.25) is 5.91 Å². The summed E-state index contributed by atoms with van der Waals surface area (Å²) in [6, 6.07) is 17.5. The van der Waals surface area contributed by atoms with E-state index in [0.29, 0.717) is 11.3 Å². The Labute approximate surface area is 149 Å². The molecule has 0 aliphatic heterocycles. The van der Waals surface area contributed by atoms with Gasteiger partial charge in [-0.1, -0.05) is 40.2 Å². The van der Waals surface area contributed by atoms with Crippen LogP contribution in [0, 0.1) is 11.3 Å². The van der Waals surface area contributed by atoms with E-state index in [0.717, 1.165) is 21.4 Å². The van der Waals surface area contributed by atoms with Crippen molar-refractivity contribution in [1.82, 2.24) is 5.32 Å². The molecule has 2 rings (SSSR count). The summed E-state index contributed by atoms with van der Waals surface area (Å²) in [7, 11) is 0. The molecule has 3 nitrogen and oxygen atoms in total. The van der Waals surface area contributed by atoms with Crippen LogP contribution in [-0.4, -0.2) is 11.7 Å². The van der Waals surface area contributed by atoms with E-state index in [4.69, 9.17) is 5.26 Å². The van der Waals surface area contributed by atoms with Crippen LogP contribution in [0.25, 0.3) is 0 Å². The van der Waals surface area contributed by atoms with Crippen LogP contribution in [-0.2, 0) is 10.5 Å². The van der Waals surface area contributed by atoms with Gasteiger partial charge in [0.15, 0.2) is 0 Å². The molecule has 23 heavy (non-hydrogen) atoms. The number of nitrogens with one attached hydrogen (secondary N) is 1. The first kappa shape index (κ1) is 17.6. The van der Waals surface area contributed by atoms with Crippen LogP contribution in [0.5, 0.6) is 0 Å². The second kappa shape index (κ2) is 8.76. The van der Waals surface area contributed by atoms with Crippen LogP contribution in [0.1, 0.15) is 29.7 Å². The molecule has 0 heterocycles. The minimum absolute atomic E-state index is 0.0156. The van der Waals surface area contributed by atoms with Gasteiger partial charge in [-0.15, -0.1) is 11.8 Å². The zero-order valence-corrected chi connectivity index (χ0v) is 15.2. The zero-order chi connectivity index (χ0) is 16.7. The summed E-state index contributed by atoms with van der Waals surface area (Å²) in [5.41, 5.74) is 2.78. The van der Waals surface area contributed by atoms with E-state index in [1.54, 1.807) is 17.8 Å². The van der Waals surface area contributed by atoms with Crippen molar-refractivity contribution < 1.29 is 4.79 Å². The topological polar surface area (TPSA) is 52.9 Å². The average Bonchev–Trinajstić information content (AvgIpc) is 2.55. The van der Waals surface area contributed by atoms with Crippen LogP contribution in [0.4, 0.5) is 0 Å². The normalized spacial score (nSPS) is 11.5. The fourth-order valence-corrected chi connectivity index (χ4v) is 3.16. The van der Waals surface area contributed by atoms with E-state index in [2.05, 4.69) is 27.3 Å². The molecule has 2 aromatic rings. The number of nitriles is 1. The first-order chi connectivity index (χ1) is 11.1. The molecule has 0 aliphatic carbocycles. The molecule has 0 aromatic heterocycles. The largest absolute Gasteiger partial charge is 0.349 e. The minimum atomic E-state index is -0.0156. The van der Waals surface area contributed by atoms with Gasteiger partial charge in [0.05, 0.1) is 23.4 Å². The van der Waals surface area contributed by atoms with Gasteiger partial charge >= 0.3 is 0 Å². The molecule has 1 amide bonds. The number of hydrogen-bond donors (Lipinski definition) is 1. The Morgan fingerprint density at radius 1 is 1.30 bits per heavy atom. The Bertz CT molecular complexity index is 710. The molecule has 0 radical (unpaired) electrons. The summed E-state index contributed by atoms with van der Waals surface area (Å²) in [6.07, 6.45) is 0. The van der Waals surface area contributed by atoms with Crippen molar-refractivity contribution in [3.05, 3.63) is 69.7 Å². The van der Waals surface area contributed by atoms with Gasteiger partial charge in [-0.3, -0.25) is 4.79 Å². The maximum atomic E-state index is 12.0. The molecule has 118 valence electrons. The Balaban J connectivity index is 1.78. The number of rotatable bonds is 6. The van der Waals surface area contributed by atoms with Crippen molar-refractivity contribution in [2.45, 2.75) is 18.7 Å². The SMILES string of the molecule is C[C@H](NC(=O)CSCc1cccc(C#N)c1)c1ccc(Br)cc1. The first-order valence-corrected chi connectivity index (χ1v) is 9.15. The summed E-state index contributed by atoms with van der Waals surface area (Å²) in [5.74, 6) is 1.13. The highest BCUT2D eigenvalue weighted by atomic mass is 79.9. The molecule has 0 fully saturated rings. The van der Waals surface area contributed by atoms with Crippen molar-refractivity contribution in [3.63, 3.8) is 0 Å². The smallest absolute Gasteiger partial charge is 0.230 e. The lowest BCUT2D eigenvalue weighted by Gasteiger charge is -2.14. The van der Waals surface area contributed by atoms with E-state index in [1.807, 2.05) is 49.4 Å². The molecule has 0 spiro atoms. The third kappa shape index (κ3) is 5.74. The fourth-order valence-electron chi connectivity index (χ4n) is 2.11. The molecule has 1 atom stereocenters. The number of halogens is 1. The number of benzene rings is 2. The number of carbonyl (C=O) groups is 1. The third-order valence-electron chi connectivity index (χ3n) is 3.31. The van der Waals surface area contributed by atoms with Crippen molar-refractivity contribution in [2.75, 3.05) is 5.75 Å². The second-order valence-corrected chi connectivity index (χ2v) is 7.05. The lowest BCUT2D eigenvalue weighted by molar-refractivity contribution is -0.119. The van der Waals surface area contributed by atoms with E-state index in [1.165, 1.54) is 0 Å². The molecule has 0 aliphatic rings. The molecule has 2 aromatic carbocycles. The second-order valence-electron chi connectivity index (χ2n) is 5.15. The zero-order valence-electron chi connectivity index (χ0n) is 12.8. The first-order valence-electron chi connectivity index (χ1n) is 7.20. The van der Waals surface area contributed by atoms with Gasteiger partial charge in [-0.05, 0) is 42.3 Å². The summed E-state index contributed by atoms with van der Waals surface area (Å²) in [5, 5.41) is 11.9. The Morgan fingerprint density at radius 3 is 2.74 bits per heavy atom. The molecule has 0 saturated carbocycles. The van der Waals surface area contributed by atoms with Crippen molar-refractivity contribution in [2.24, 2.45) is 0 Å². The lowest BCUT2D eigenvalue weighted by atomic mass is 10.1. The van der Waals surface area contributed by atoms with Crippen molar-refractivity contribution in [3.8, 4) is 6.07 Å². The lowest BCUT2D eigenvalue weighted by Crippen LogP contribution is -2.28. The van der Waals surface area contributed by atoms with Crippen LogP contribution >= 0.6 is 27.7 Å². The van der Waals surface area contributed by atoms with Gasteiger partial charge in [0.1, 0.15) is 0 Å². The fraction of sp³-hybridized carbons (Fsp3) is 0.222. The standard InChI is InChI=1S/C18H17BrN2OS/c1-13(16-5-7-17(19)8-6-16)21-18(22)12-23-11-15-4-2-3-14(9-15)10-20/h2-9,13H,11-12H2,1H3,(H,21,22)/t13-/m0/s1. The maximum absolute atomic E-state index is 12.0. The van der Waals surface area contributed by atoms with Crippen molar-refractivity contribution >= 4 is 33.6 Å². The van der Waals surface area contributed by atoms with Crippen LogP contribution < -0.4 is 5.32 Å². The summed E-state index contributed by atoms with van der Waals surface area (Å²) in [6.45, 7) is 1.97. The third-order valence-corrected chi connectivity index (χ3v) is 4.84. The highest BCUT2D eigenvalue weighted by molar-refractivity contribution is 9.10. The molecular weight excluding hydrogens is 372 g/mol. The number of amides is 1. The average molecular weight is 389 g/mol. The number of hydrogen-bond acceptors (Lipinski definition) is 3. The summed E-state index contributed by atoms with van der Waals surface area (Å²) >= 11 is 4.95. The van der Waals surface area contributed by atoms with E-state index >= 15 is 0 Å². The van der Waals surface area contributed by atoms with Gasteiger partial charge in [0.25, 0.3) is 0 Å². The molecule has 0 saturated heterocycles. The Hall–Kier alpha value is -1.77. The number of carbonyl (C=O) groups excluding carboxylic acids is 1.